The number of hydrogen-bond acceptors (Lipinski definition) is 6. The van der Waals surface area contributed by atoms with Crippen molar-refractivity contribution in [3.63, 3.8) is 0 Å². The van der Waals surface area contributed by atoms with Gasteiger partial charge in [0.25, 0.3) is 0 Å². The Hall–Kier alpha value is -2.28. The van der Waals surface area contributed by atoms with Crippen LogP contribution in [0.1, 0.15) is 37.4 Å². The first-order valence-corrected chi connectivity index (χ1v) is 11.1. The van der Waals surface area contributed by atoms with E-state index in [0.717, 1.165) is 53.6 Å². The van der Waals surface area contributed by atoms with Crippen molar-refractivity contribution in [2.24, 2.45) is 0 Å². The van der Waals surface area contributed by atoms with E-state index < -0.39 is 0 Å². The minimum atomic E-state index is -0.313. The highest BCUT2D eigenvalue weighted by Gasteiger charge is 2.44. The number of nitrogens with zero attached hydrogens (tertiary/aromatic N) is 3. The number of aromatic nitrogens is 2. The van der Waals surface area contributed by atoms with Gasteiger partial charge in [-0.2, -0.15) is 0 Å². The van der Waals surface area contributed by atoms with Gasteiger partial charge in [0.05, 0.1) is 17.8 Å². The monoisotopic (exact) mass is 407 g/mol. The van der Waals surface area contributed by atoms with Crippen molar-refractivity contribution in [2.45, 2.75) is 43.5 Å². The van der Waals surface area contributed by atoms with Gasteiger partial charge in [0.2, 0.25) is 5.13 Å². The normalized spacial score (nSPS) is 24.0. The van der Waals surface area contributed by atoms with Gasteiger partial charge in [-0.1, -0.05) is 72.0 Å². The summed E-state index contributed by atoms with van der Waals surface area (Å²) in [4.78, 5) is 2.30. The van der Waals surface area contributed by atoms with Crippen LogP contribution >= 0.6 is 11.3 Å². The molecule has 1 spiro atoms. The fourth-order valence-electron chi connectivity index (χ4n) is 4.50. The summed E-state index contributed by atoms with van der Waals surface area (Å²) in [5.74, 6) is 0. The van der Waals surface area contributed by atoms with E-state index in [2.05, 4.69) is 39.4 Å². The second-order valence-electron chi connectivity index (χ2n) is 8.04. The van der Waals surface area contributed by atoms with Crippen LogP contribution in [-0.2, 0) is 4.74 Å². The smallest absolute Gasteiger partial charge is 0.208 e. The summed E-state index contributed by atoms with van der Waals surface area (Å²) < 4.78 is 6.61. The van der Waals surface area contributed by atoms with Crippen molar-refractivity contribution < 1.29 is 9.84 Å². The lowest BCUT2D eigenvalue weighted by Gasteiger charge is -2.48. The third kappa shape index (κ3) is 3.92. The van der Waals surface area contributed by atoms with Crippen molar-refractivity contribution in [3.05, 3.63) is 66.2 Å². The molecular formula is C23H25N3O2S. The Morgan fingerprint density at radius 1 is 0.966 bits per heavy atom. The van der Waals surface area contributed by atoms with Crippen molar-refractivity contribution >= 4 is 16.5 Å². The minimum absolute atomic E-state index is 0.0299. The van der Waals surface area contributed by atoms with Crippen molar-refractivity contribution in [1.82, 2.24) is 10.2 Å². The molecule has 0 saturated carbocycles. The number of rotatable bonds is 3. The predicted octanol–water partition coefficient (Wildman–Crippen LogP) is 4.46. The second kappa shape index (κ2) is 7.86. The molecule has 6 heteroatoms. The Bertz CT molecular complexity index is 939. The van der Waals surface area contributed by atoms with Gasteiger partial charge < -0.3 is 14.7 Å². The summed E-state index contributed by atoms with van der Waals surface area (Å²) in [7, 11) is 0. The average Bonchev–Trinajstić information content (AvgIpc) is 3.25. The van der Waals surface area contributed by atoms with Crippen LogP contribution in [0.4, 0.5) is 5.13 Å². The fraction of sp³-hybridized carbons (Fsp3) is 0.391. The van der Waals surface area contributed by atoms with E-state index in [4.69, 9.17) is 4.74 Å². The summed E-state index contributed by atoms with van der Waals surface area (Å²) in [6.07, 6.45) is 2.84. The number of aliphatic hydroxyl groups excluding tert-OH is 1. The highest BCUT2D eigenvalue weighted by Crippen LogP contribution is 2.44. The zero-order valence-electron chi connectivity index (χ0n) is 16.3. The molecule has 29 heavy (non-hydrogen) atoms. The molecule has 3 heterocycles. The Morgan fingerprint density at radius 3 is 2.38 bits per heavy atom. The maximum atomic E-state index is 10.6. The first-order valence-electron chi connectivity index (χ1n) is 10.3. The molecule has 1 N–H and O–H groups in total. The molecule has 2 fully saturated rings. The summed E-state index contributed by atoms with van der Waals surface area (Å²) in [6.45, 7) is 1.75. The zero-order valence-corrected chi connectivity index (χ0v) is 17.1. The molecule has 0 amide bonds. The third-order valence-corrected chi connectivity index (χ3v) is 7.07. The highest BCUT2D eigenvalue weighted by atomic mass is 32.1. The van der Waals surface area contributed by atoms with Crippen LogP contribution < -0.4 is 4.90 Å². The second-order valence-corrected chi connectivity index (χ2v) is 8.99. The van der Waals surface area contributed by atoms with Crippen LogP contribution in [-0.4, -0.2) is 40.1 Å². The van der Waals surface area contributed by atoms with Crippen molar-refractivity contribution in [2.75, 3.05) is 18.0 Å². The summed E-state index contributed by atoms with van der Waals surface area (Å²) in [6, 6.07) is 20.5. The highest BCUT2D eigenvalue weighted by molar-refractivity contribution is 7.18. The molecular weight excluding hydrogens is 382 g/mol. The maximum absolute atomic E-state index is 10.6. The third-order valence-electron chi connectivity index (χ3n) is 6.04. The minimum Gasteiger partial charge on any atom is -0.393 e. The number of ether oxygens (including phenoxy) is 1. The van der Waals surface area contributed by atoms with E-state index in [9.17, 15) is 5.11 Å². The van der Waals surface area contributed by atoms with Crippen LogP contribution in [0.5, 0.6) is 0 Å². The average molecular weight is 408 g/mol. The van der Waals surface area contributed by atoms with Crippen LogP contribution in [0.3, 0.4) is 0 Å². The van der Waals surface area contributed by atoms with Gasteiger partial charge in [0, 0.05) is 31.5 Å². The summed E-state index contributed by atoms with van der Waals surface area (Å²) in [5.41, 5.74) is 2.01. The molecule has 3 aromatic rings. The molecule has 2 aliphatic heterocycles. The lowest BCUT2D eigenvalue weighted by Crippen LogP contribution is -2.51. The molecule has 0 radical (unpaired) electrons. The quantitative estimate of drug-likeness (QED) is 0.695. The van der Waals surface area contributed by atoms with E-state index in [1.165, 1.54) is 0 Å². The number of hydrogen-bond donors (Lipinski definition) is 1. The van der Waals surface area contributed by atoms with Gasteiger partial charge in [-0.05, 0) is 18.4 Å². The van der Waals surface area contributed by atoms with Crippen LogP contribution in [0.15, 0.2) is 60.7 Å². The lowest BCUT2D eigenvalue weighted by molar-refractivity contribution is -0.173. The molecule has 1 aromatic heterocycles. The Labute approximate surface area is 175 Å². The first kappa shape index (κ1) is 18.7. The molecule has 5 rings (SSSR count). The van der Waals surface area contributed by atoms with Crippen LogP contribution in [0, 0.1) is 0 Å². The van der Waals surface area contributed by atoms with E-state index in [1.54, 1.807) is 11.3 Å². The van der Waals surface area contributed by atoms with E-state index in [-0.39, 0.29) is 17.8 Å². The largest absolute Gasteiger partial charge is 0.393 e. The van der Waals surface area contributed by atoms with Crippen molar-refractivity contribution in [1.29, 1.82) is 0 Å². The summed E-state index contributed by atoms with van der Waals surface area (Å²) in [5, 5.41) is 21.3. The predicted molar refractivity (Wildman–Crippen MR) is 115 cm³/mol. The molecule has 2 aliphatic rings. The van der Waals surface area contributed by atoms with Crippen LogP contribution in [0.25, 0.3) is 10.6 Å². The molecule has 0 bridgehead atoms. The van der Waals surface area contributed by atoms with Gasteiger partial charge in [0.1, 0.15) is 5.01 Å². The van der Waals surface area contributed by atoms with Crippen molar-refractivity contribution in [3.8, 4) is 10.6 Å². The molecule has 2 aromatic carbocycles. The maximum Gasteiger partial charge on any atom is 0.208 e. The molecule has 5 nitrogen and oxygen atoms in total. The van der Waals surface area contributed by atoms with E-state index in [1.807, 2.05) is 36.4 Å². The first-order chi connectivity index (χ1) is 14.2. The Balaban J connectivity index is 1.28. The topological polar surface area (TPSA) is 58.5 Å². The Morgan fingerprint density at radius 2 is 1.66 bits per heavy atom. The lowest BCUT2D eigenvalue weighted by atomic mass is 9.81. The van der Waals surface area contributed by atoms with Crippen LogP contribution in [0.2, 0.25) is 0 Å². The van der Waals surface area contributed by atoms with Gasteiger partial charge in [0.15, 0.2) is 0 Å². The van der Waals surface area contributed by atoms with Gasteiger partial charge in [-0.3, -0.25) is 0 Å². The zero-order chi connectivity index (χ0) is 19.7. The molecule has 2 atom stereocenters. The Kier molecular flexibility index (Phi) is 5.08. The molecule has 0 aliphatic carbocycles. The van der Waals surface area contributed by atoms with E-state index in [0.29, 0.717) is 6.42 Å². The van der Waals surface area contributed by atoms with Gasteiger partial charge in [-0.25, -0.2) is 0 Å². The molecule has 0 unspecified atom stereocenters. The van der Waals surface area contributed by atoms with E-state index >= 15 is 0 Å². The standard InChI is InChI=1S/C23H25N3O2S/c27-19-15-20(17-7-3-1-4-8-17)28-23(16-19)11-13-26(14-12-23)22-25-24-21(29-22)18-9-5-2-6-10-18/h1-10,19-20,27H,11-16H2/t19-,20-/m1/s1. The summed E-state index contributed by atoms with van der Waals surface area (Å²) >= 11 is 1.64. The number of benzene rings is 2. The fourth-order valence-corrected chi connectivity index (χ4v) is 5.40. The molecule has 2 saturated heterocycles. The number of anilines is 1. The molecule has 150 valence electrons. The number of piperidine rings is 1. The number of aliphatic hydroxyl groups is 1. The SMILES string of the molecule is O[C@@H]1C[C@H](c2ccccc2)OC2(CCN(c3nnc(-c4ccccc4)s3)CC2)C1. The van der Waals surface area contributed by atoms with Gasteiger partial charge >= 0.3 is 0 Å². The van der Waals surface area contributed by atoms with Gasteiger partial charge in [-0.15, -0.1) is 10.2 Å².